The van der Waals surface area contributed by atoms with Crippen molar-refractivity contribution in [2.24, 2.45) is 0 Å². The Morgan fingerprint density at radius 3 is 2.66 bits per heavy atom. The van der Waals surface area contributed by atoms with Gasteiger partial charge in [-0.1, -0.05) is 30.0 Å². The molecule has 1 atom stereocenters. The van der Waals surface area contributed by atoms with E-state index in [9.17, 15) is 9.18 Å². The molecule has 3 rings (SSSR count). The lowest BCUT2D eigenvalue weighted by Crippen LogP contribution is -2.30. The zero-order chi connectivity index (χ0) is 20.8. The van der Waals surface area contributed by atoms with Gasteiger partial charge in [0.25, 0.3) is 11.1 Å². The van der Waals surface area contributed by atoms with Crippen molar-refractivity contribution in [3.8, 4) is 23.0 Å². The van der Waals surface area contributed by atoms with Crippen molar-refractivity contribution in [2.45, 2.75) is 23.9 Å². The maximum absolute atomic E-state index is 13.8. The number of ether oxygens (including phenoxy) is 2. The lowest BCUT2D eigenvalue weighted by molar-refractivity contribution is -0.120. The van der Waals surface area contributed by atoms with Gasteiger partial charge in [0.15, 0.2) is 11.5 Å². The number of nitrogens with zero attached hydrogens (tertiary/aromatic N) is 2. The van der Waals surface area contributed by atoms with Gasteiger partial charge in [-0.15, -0.1) is 10.2 Å². The van der Waals surface area contributed by atoms with Crippen molar-refractivity contribution in [1.82, 2.24) is 15.5 Å². The van der Waals surface area contributed by atoms with Crippen LogP contribution < -0.4 is 14.8 Å². The molecule has 0 bridgehead atoms. The van der Waals surface area contributed by atoms with E-state index in [-0.39, 0.29) is 22.6 Å². The summed E-state index contributed by atoms with van der Waals surface area (Å²) in [5, 5.41) is 10.3. The highest BCUT2D eigenvalue weighted by molar-refractivity contribution is 8.00. The van der Waals surface area contributed by atoms with Crippen molar-refractivity contribution in [3.63, 3.8) is 0 Å². The number of halogens is 1. The number of thioether (sulfide) groups is 1. The van der Waals surface area contributed by atoms with Crippen molar-refractivity contribution >= 4 is 17.7 Å². The van der Waals surface area contributed by atoms with Gasteiger partial charge in [-0.3, -0.25) is 4.79 Å². The molecule has 1 N–H and O–H groups in total. The first-order chi connectivity index (χ1) is 14.0. The van der Waals surface area contributed by atoms with Crippen molar-refractivity contribution in [2.75, 3.05) is 14.2 Å². The molecule has 0 aliphatic rings. The minimum absolute atomic E-state index is 0.0727. The Morgan fingerprint density at radius 1 is 1.17 bits per heavy atom. The lowest BCUT2D eigenvalue weighted by Gasteiger charge is -2.12. The molecule has 0 radical (unpaired) electrons. The molecule has 9 heteroatoms. The van der Waals surface area contributed by atoms with Gasteiger partial charge < -0.3 is 19.2 Å². The van der Waals surface area contributed by atoms with Crippen LogP contribution in [0.4, 0.5) is 4.39 Å². The summed E-state index contributed by atoms with van der Waals surface area (Å²) >= 11 is 1.10. The summed E-state index contributed by atoms with van der Waals surface area (Å²) in [6.45, 7) is 2.05. The monoisotopic (exact) mass is 417 g/mol. The standard InChI is InChI=1S/C20H20FN3O4S/c1-12(18(25)22-11-13-8-9-16(26-2)17(10-13)27-3)29-20-24-23-19(28-20)14-6-4-5-7-15(14)21/h4-10,12H,11H2,1-3H3,(H,22,25)/t12-/m0/s1. The van der Waals surface area contributed by atoms with Gasteiger partial charge in [0.05, 0.1) is 25.0 Å². The number of nitrogens with one attached hydrogen (secondary N) is 1. The third-order valence-corrected chi connectivity index (χ3v) is 5.01. The molecular formula is C20H20FN3O4S. The molecule has 1 aromatic heterocycles. The molecule has 29 heavy (non-hydrogen) atoms. The second-order valence-electron chi connectivity index (χ2n) is 6.02. The molecule has 0 aliphatic carbocycles. The van der Waals surface area contributed by atoms with E-state index in [1.807, 2.05) is 6.07 Å². The van der Waals surface area contributed by atoms with Gasteiger partial charge in [0, 0.05) is 6.54 Å². The number of rotatable bonds is 8. The van der Waals surface area contributed by atoms with Crippen LogP contribution in [0.5, 0.6) is 11.5 Å². The highest BCUT2D eigenvalue weighted by Crippen LogP contribution is 2.29. The van der Waals surface area contributed by atoms with Crippen LogP contribution >= 0.6 is 11.8 Å². The largest absolute Gasteiger partial charge is 0.493 e. The Labute approximate surface area is 171 Å². The number of aromatic nitrogens is 2. The van der Waals surface area contributed by atoms with Gasteiger partial charge in [0.1, 0.15) is 5.82 Å². The number of methoxy groups -OCH3 is 2. The first-order valence-electron chi connectivity index (χ1n) is 8.75. The molecule has 2 aromatic carbocycles. The van der Waals surface area contributed by atoms with Gasteiger partial charge >= 0.3 is 0 Å². The summed E-state index contributed by atoms with van der Waals surface area (Å²) < 4.78 is 29.8. The highest BCUT2D eigenvalue weighted by atomic mass is 32.2. The van der Waals surface area contributed by atoms with E-state index in [0.717, 1.165) is 17.3 Å². The molecule has 7 nitrogen and oxygen atoms in total. The predicted molar refractivity (Wildman–Crippen MR) is 106 cm³/mol. The van der Waals surface area contributed by atoms with Crippen LogP contribution in [-0.4, -0.2) is 35.6 Å². The number of benzene rings is 2. The van der Waals surface area contributed by atoms with Crippen LogP contribution in [0.15, 0.2) is 52.1 Å². The third kappa shape index (κ3) is 5.05. The molecule has 1 heterocycles. The highest BCUT2D eigenvalue weighted by Gasteiger charge is 2.19. The van der Waals surface area contributed by atoms with E-state index in [1.54, 1.807) is 51.5 Å². The quantitative estimate of drug-likeness (QED) is 0.560. The average molecular weight is 417 g/mol. The molecule has 0 saturated heterocycles. The smallest absolute Gasteiger partial charge is 0.277 e. The molecule has 0 unspecified atom stereocenters. The first kappa shape index (κ1) is 20.7. The van der Waals surface area contributed by atoms with Gasteiger partial charge in [0.2, 0.25) is 5.91 Å². The SMILES string of the molecule is COc1ccc(CNC(=O)[C@H](C)Sc2nnc(-c3ccccc3F)o2)cc1OC. The Bertz CT molecular complexity index is 995. The van der Waals surface area contributed by atoms with Crippen LogP contribution in [0.25, 0.3) is 11.5 Å². The third-order valence-electron chi connectivity index (χ3n) is 4.07. The maximum Gasteiger partial charge on any atom is 0.277 e. The molecular weight excluding hydrogens is 397 g/mol. The molecule has 0 spiro atoms. The van der Waals surface area contributed by atoms with Crippen molar-refractivity contribution in [1.29, 1.82) is 0 Å². The number of carbonyl (C=O) groups is 1. The van der Waals surface area contributed by atoms with Crippen LogP contribution in [0.2, 0.25) is 0 Å². The first-order valence-corrected chi connectivity index (χ1v) is 9.63. The Balaban J connectivity index is 1.58. The van der Waals surface area contributed by atoms with E-state index < -0.39 is 11.1 Å². The molecule has 0 aliphatic heterocycles. The number of amides is 1. The zero-order valence-corrected chi connectivity index (χ0v) is 17.0. The van der Waals surface area contributed by atoms with Gasteiger partial charge in [-0.05, 0) is 36.8 Å². The maximum atomic E-state index is 13.8. The van der Waals surface area contributed by atoms with E-state index in [2.05, 4.69) is 15.5 Å². The number of hydrogen-bond acceptors (Lipinski definition) is 7. The summed E-state index contributed by atoms with van der Waals surface area (Å²) in [6, 6.07) is 11.6. The number of carbonyl (C=O) groups excluding carboxylic acids is 1. The Kier molecular flexibility index (Phi) is 6.71. The zero-order valence-electron chi connectivity index (χ0n) is 16.1. The van der Waals surface area contributed by atoms with E-state index in [0.29, 0.717) is 18.0 Å². The average Bonchev–Trinajstić information content (AvgIpc) is 3.20. The number of hydrogen-bond donors (Lipinski definition) is 1. The molecule has 0 fully saturated rings. The molecule has 3 aromatic rings. The van der Waals surface area contributed by atoms with E-state index >= 15 is 0 Å². The fourth-order valence-electron chi connectivity index (χ4n) is 2.53. The van der Waals surface area contributed by atoms with Crippen LogP contribution in [0.3, 0.4) is 0 Å². The van der Waals surface area contributed by atoms with E-state index in [4.69, 9.17) is 13.9 Å². The summed E-state index contributed by atoms with van der Waals surface area (Å²) in [7, 11) is 3.12. The van der Waals surface area contributed by atoms with Crippen molar-refractivity contribution < 1.29 is 23.1 Å². The minimum atomic E-state index is -0.482. The van der Waals surface area contributed by atoms with Crippen LogP contribution in [0.1, 0.15) is 12.5 Å². The van der Waals surface area contributed by atoms with Gasteiger partial charge in [-0.25, -0.2) is 4.39 Å². The Hall–Kier alpha value is -3.07. The lowest BCUT2D eigenvalue weighted by atomic mass is 10.2. The topological polar surface area (TPSA) is 86.5 Å². The fraction of sp³-hybridized carbons (Fsp3) is 0.250. The second kappa shape index (κ2) is 9.42. The normalized spacial score (nSPS) is 11.7. The summed E-state index contributed by atoms with van der Waals surface area (Å²) in [5.41, 5.74) is 1.09. The van der Waals surface area contributed by atoms with Crippen LogP contribution in [-0.2, 0) is 11.3 Å². The molecule has 0 saturated carbocycles. The van der Waals surface area contributed by atoms with Gasteiger partial charge in [-0.2, -0.15) is 0 Å². The van der Waals surface area contributed by atoms with Crippen molar-refractivity contribution in [3.05, 3.63) is 53.8 Å². The van der Waals surface area contributed by atoms with E-state index in [1.165, 1.54) is 6.07 Å². The Morgan fingerprint density at radius 2 is 1.93 bits per heavy atom. The minimum Gasteiger partial charge on any atom is -0.493 e. The van der Waals surface area contributed by atoms with Crippen LogP contribution in [0, 0.1) is 5.82 Å². The second-order valence-corrected chi connectivity index (χ2v) is 7.31. The summed E-state index contributed by atoms with van der Waals surface area (Å²) in [5.74, 6) is 0.633. The summed E-state index contributed by atoms with van der Waals surface area (Å²) in [6.07, 6.45) is 0. The predicted octanol–water partition coefficient (Wildman–Crippen LogP) is 3.69. The molecule has 152 valence electrons. The fourth-order valence-corrected chi connectivity index (χ4v) is 3.24. The summed E-state index contributed by atoms with van der Waals surface area (Å²) in [4.78, 5) is 12.4. The molecule has 1 amide bonds.